The third kappa shape index (κ3) is 4.54. The Hall–Kier alpha value is -2.43. The predicted octanol–water partition coefficient (Wildman–Crippen LogP) is 2.65. The van der Waals surface area contributed by atoms with Gasteiger partial charge in [-0.1, -0.05) is 6.07 Å². The van der Waals surface area contributed by atoms with Crippen LogP contribution in [0.25, 0.3) is 0 Å². The molecule has 2 aromatic heterocycles. The molecule has 1 fully saturated rings. The van der Waals surface area contributed by atoms with Gasteiger partial charge in [0.25, 0.3) is 5.91 Å². The van der Waals surface area contributed by atoms with Gasteiger partial charge in [0.1, 0.15) is 5.75 Å². The second-order valence-corrected chi connectivity index (χ2v) is 6.30. The number of hydrogen-bond acceptors (Lipinski definition) is 4. The number of aryl methyl sites for hydroxylation is 1. The van der Waals surface area contributed by atoms with E-state index in [0.717, 1.165) is 43.7 Å². The number of piperidine rings is 1. The Morgan fingerprint density at radius 1 is 1.33 bits per heavy atom. The number of pyridine rings is 2. The average Bonchev–Trinajstić information content (AvgIpc) is 2.61. The number of hydrogen-bond donors (Lipinski definition) is 0. The second kappa shape index (κ2) is 7.90. The molecule has 0 bridgehead atoms. The van der Waals surface area contributed by atoms with Gasteiger partial charge in [-0.2, -0.15) is 0 Å². The van der Waals surface area contributed by atoms with Crippen molar-refractivity contribution in [3.63, 3.8) is 0 Å². The zero-order chi connectivity index (χ0) is 16.8. The van der Waals surface area contributed by atoms with Crippen molar-refractivity contribution in [2.45, 2.75) is 26.2 Å². The van der Waals surface area contributed by atoms with E-state index < -0.39 is 0 Å². The molecule has 0 aromatic carbocycles. The lowest BCUT2D eigenvalue weighted by Gasteiger charge is -2.32. The third-order valence-electron chi connectivity index (χ3n) is 4.31. The monoisotopic (exact) mass is 325 g/mol. The molecule has 1 aliphatic rings. The number of nitrogens with zero attached hydrogens (tertiary/aromatic N) is 3. The van der Waals surface area contributed by atoms with Crippen molar-refractivity contribution < 1.29 is 9.53 Å². The highest BCUT2D eigenvalue weighted by Gasteiger charge is 2.24. The standard InChI is InChI=1S/C19H23N3O2/c1-15-5-2-7-17(21-15)11-16-6-4-10-22(13-16)19(23)14-24-18-8-3-9-20-12-18/h2-3,5,7-9,12,16H,4,6,10-11,13-14H2,1H3/t16-/m1/s1. The Bertz CT molecular complexity index is 675. The molecule has 2 aromatic rings. The smallest absolute Gasteiger partial charge is 0.260 e. The van der Waals surface area contributed by atoms with Crippen molar-refractivity contribution in [3.05, 3.63) is 54.1 Å². The van der Waals surface area contributed by atoms with Crippen molar-refractivity contribution in [2.24, 2.45) is 5.92 Å². The first kappa shape index (κ1) is 16.4. The minimum absolute atomic E-state index is 0.0424. The summed E-state index contributed by atoms with van der Waals surface area (Å²) in [5, 5.41) is 0. The zero-order valence-electron chi connectivity index (χ0n) is 14.0. The highest BCUT2D eigenvalue weighted by atomic mass is 16.5. The summed E-state index contributed by atoms with van der Waals surface area (Å²) < 4.78 is 5.52. The third-order valence-corrected chi connectivity index (χ3v) is 4.31. The van der Waals surface area contributed by atoms with Gasteiger partial charge in [0.2, 0.25) is 0 Å². The summed E-state index contributed by atoms with van der Waals surface area (Å²) in [4.78, 5) is 22.9. The molecule has 126 valence electrons. The molecule has 0 N–H and O–H groups in total. The van der Waals surface area contributed by atoms with Crippen LogP contribution in [0.15, 0.2) is 42.7 Å². The second-order valence-electron chi connectivity index (χ2n) is 6.30. The number of carbonyl (C=O) groups is 1. The van der Waals surface area contributed by atoms with Gasteiger partial charge in [-0.25, -0.2) is 0 Å². The van der Waals surface area contributed by atoms with Crippen LogP contribution < -0.4 is 4.74 Å². The summed E-state index contributed by atoms with van der Waals surface area (Å²) in [6.45, 7) is 3.68. The molecule has 1 aliphatic heterocycles. The van der Waals surface area contributed by atoms with Gasteiger partial charge in [0.15, 0.2) is 6.61 Å². The average molecular weight is 325 g/mol. The molecule has 0 saturated carbocycles. The van der Waals surface area contributed by atoms with E-state index in [4.69, 9.17) is 4.74 Å². The fourth-order valence-corrected chi connectivity index (χ4v) is 3.14. The number of aromatic nitrogens is 2. The number of ether oxygens (including phenoxy) is 1. The van der Waals surface area contributed by atoms with Crippen LogP contribution in [0.2, 0.25) is 0 Å². The normalized spacial score (nSPS) is 17.5. The van der Waals surface area contributed by atoms with E-state index in [1.165, 1.54) is 0 Å². The molecule has 0 radical (unpaired) electrons. The molecule has 5 nitrogen and oxygen atoms in total. The molecular formula is C19H23N3O2. The predicted molar refractivity (Wildman–Crippen MR) is 91.7 cm³/mol. The summed E-state index contributed by atoms with van der Waals surface area (Å²) >= 11 is 0. The lowest BCUT2D eigenvalue weighted by Crippen LogP contribution is -2.42. The Labute approximate surface area is 142 Å². The zero-order valence-corrected chi connectivity index (χ0v) is 14.0. The SMILES string of the molecule is Cc1cccc(C[C@H]2CCCN(C(=O)COc3cccnc3)C2)n1. The minimum atomic E-state index is 0.0424. The molecule has 0 aliphatic carbocycles. The molecule has 1 amide bonds. The van der Waals surface area contributed by atoms with E-state index in [1.54, 1.807) is 18.5 Å². The summed E-state index contributed by atoms with van der Waals surface area (Å²) in [5.41, 5.74) is 2.15. The molecule has 1 atom stereocenters. The molecular weight excluding hydrogens is 302 g/mol. The highest BCUT2D eigenvalue weighted by Crippen LogP contribution is 2.20. The van der Waals surface area contributed by atoms with E-state index >= 15 is 0 Å². The van der Waals surface area contributed by atoms with Crippen LogP contribution in [0.4, 0.5) is 0 Å². The molecule has 0 spiro atoms. The van der Waals surface area contributed by atoms with Gasteiger partial charge in [-0.15, -0.1) is 0 Å². The Kier molecular flexibility index (Phi) is 5.41. The van der Waals surface area contributed by atoms with Crippen LogP contribution in [0.1, 0.15) is 24.2 Å². The Morgan fingerprint density at radius 3 is 3.04 bits per heavy atom. The quantitative estimate of drug-likeness (QED) is 0.848. The molecule has 3 heterocycles. The van der Waals surface area contributed by atoms with Crippen LogP contribution in [0, 0.1) is 12.8 Å². The number of likely N-dealkylation sites (tertiary alicyclic amines) is 1. The first-order valence-corrected chi connectivity index (χ1v) is 8.44. The van der Waals surface area contributed by atoms with Crippen molar-refractivity contribution in [3.8, 4) is 5.75 Å². The molecule has 3 rings (SSSR count). The first-order valence-electron chi connectivity index (χ1n) is 8.44. The van der Waals surface area contributed by atoms with Crippen molar-refractivity contribution in [1.29, 1.82) is 0 Å². The summed E-state index contributed by atoms with van der Waals surface area (Å²) in [6, 6.07) is 9.73. The Morgan fingerprint density at radius 2 is 2.25 bits per heavy atom. The summed E-state index contributed by atoms with van der Waals surface area (Å²) in [7, 11) is 0. The topological polar surface area (TPSA) is 55.3 Å². The lowest BCUT2D eigenvalue weighted by molar-refractivity contribution is -0.135. The number of amides is 1. The summed E-state index contributed by atoms with van der Waals surface area (Å²) in [6.07, 6.45) is 6.41. The van der Waals surface area contributed by atoms with Gasteiger partial charge in [0.05, 0.1) is 6.20 Å². The van der Waals surface area contributed by atoms with Gasteiger partial charge >= 0.3 is 0 Å². The van der Waals surface area contributed by atoms with Gasteiger partial charge < -0.3 is 9.64 Å². The van der Waals surface area contributed by atoms with Crippen molar-refractivity contribution >= 4 is 5.91 Å². The van der Waals surface area contributed by atoms with Crippen LogP contribution in [-0.4, -0.2) is 40.5 Å². The van der Waals surface area contributed by atoms with Gasteiger partial charge in [-0.05, 0) is 56.4 Å². The Balaban J connectivity index is 1.52. The van der Waals surface area contributed by atoms with Gasteiger partial charge in [0, 0.05) is 30.7 Å². The number of rotatable bonds is 5. The van der Waals surface area contributed by atoms with Crippen LogP contribution in [0.3, 0.4) is 0 Å². The summed E-state index contributed by atoms with van der Waals surface area (Å²) in [5.74, 6) is 1.14. The van der Waals surface area contributed by atoms with E-state index in [-0.39, 0.29) is 12.5 Å². The molecule has 0 unspecified atom stereocenters. The first-order chi connectivity index (χ1) is 11.7. The van der Waals surface area contributed by atoms with E-state index in [2.05, 4.69) is 16.0 Å². The van der Waals surface area contributed by atoms with E-state index in [0.29, 0.717) is 11.7 Å². The van der Waals surface area contributed by atoms with Crippen LogP contribution in [0.5, 0.6) is 5.75 Å². The van der Waals surface area contributed by atoms with Crippen LogP contribution in [-0.2, 0) is 11.2 Å². The molecule has 1 saturated heterocycles. The van der Waals surface area contributed by atoms with Crippen molar-refractivity contribution in [1.82, 2.24) is 14.9 Å². The van der Waals surface area contributed by atoms with Crippen molar-refractivity contribution in [2.75, 3.05) is 19.7 Å². The largest absolute Gasteiger partial charge is 0.482 e. The maximum Gasteiger partial charge on any atom is 0.260 e. The van der Waals surface area contributed by atoms with Crippen LogP contribution >= 0.6 is 0 Å². The highest BCUT2D eigenvalue weighted by molar-refractivity contribution is 5.77. The van der Waals surface area contributed by atoms with Gasteiger partial charge in [-0.3, -0.25) is 14.8 Å². The van der Waals surface area contributed by atoms with E-state index in [9.17, 15) is 4.79 Å². The molecule has 24 heavy (non-hydrogen) atoms. The fourth-order valence-electron chi connectivity index (χ4n) is 3.14. The number of carbonyl (C=O) groups excluding carboxylic acids is 1. The fraction of sp³-hybridized carbons (Fsp3) is 0.421. The maximum atomic E-state index is 12.4. The molecule has 5 heteroatoms. The lowest BCUT2D eigenvalue weighted by atomic mass is 9.93. The minimum Gasteiger partial charge on any atom is -0.482 e. The maximum absolute atomic E-state index is 12.4. The van der Waals surface area contributed by atoms with E-state index in [1.807, 2.05) is 30.0 Å².